The molecule has 0 saturated heterocycles. The Hall–Kier alpha value is -3.69. The van der Waals surface area contributed by atoms with Gasteiger partial charge in [0.25, 0.3) is 11.8 Å². The zero-order chi connectivity index (χ0) is 22.6. The number of carbonyl (C=O) groups excluding carboxylic acids is 1. The number of hydrogen-bond acceptors (Lipinski definition) is 5. The zero-order valence-electron chi connectivity index (χ0n) is 17.1. The van der Waals surface area contributed by atoms with Crippen LogP contribution in [0.15, 0.2) is 47.2 Å². The van der Waals surface area contributed by atoms with Crippen molar-refractivity contribution in [3.05, 3.63) is 65.4 Å². The third kappa shape index (κ3) is 3.61. The molecule has 1 fully saturated rings. The fourth-order valence-electron chi connectivity index (χ4n) is 3.43. The smallest absolute Gasteiger partial charge is 0.274 e. The number of aryl methyl sites for hydroxylation is 1. The van der Waals surface area contributed by atoms with Gasteiger partial charge in [0.1, 0.15) is 17.5 Å². The van der Waals surface area contributed by atoms with Gasteiger partial charge in [-0.2, -0.15) is 4.98 Å². The van der Waals surface area contributed by atoms with Crippen LogP contribution in [-0.4, -0.2) is 31.6 Å². The first-order chi connectivity index (χ1) is 15.2. The van der Waals surface area contributed by atoms with Crippen LogP contribution in [0.4, 0.5) is 18.9 Å². The van der Waals surface area contributed by atoms with Crippen molar-refractivity contribution in [2.45, 2.75) is 38.3 Å². The second-order valence-electron chi connectivity index (χ2n) is 7.97. The minimum atomic E-state index is -3.01. The molecule has 164 valence electrons. The lowest BCUT2D eigenvalue weighted by Gasteiger charge is -2.11. The van der Waals surface area contributed by atoms with Crippen LogP contribution in [0.5, 0.6) is 0 Å². The van der Waals surface area contributed by atoms with Crippen molar-refractivity contribution >= 4 is 17.2 Å². The Balaban J connectivity index is 1.41. The average molecular weight is 441 g/mol. The van der Waals surface area contributed by atoms with E-state index >= 15 is 0 Å². The fourth-order valence-corrected chi connectivity index (χ4v) is 3.43. The lowest BCUT2D eigenvalue weighted by molar-refractivity contribution is 0.0175. The second kappa shape index (κ2) is 7.18. The van der Waals surface area contributed by atoms with Gasteiger partial charge in [-0.25, -0.2) is 18.2 Å². The first kappa shape index (κ1) is 20.2. The van der Waals surface area contributed by atoms with E-state index in [1.54, 1.807) is 18.2 Å². The minimum absolute atomic E-state index is 0.184. The number of alkyl halides is 3. The normalized spacial score (nSPS) is 18.2. The Kier molecular flexibility index (Phi) is 4.54. The number of nitrogens with one attached hydrogen (secondary N) is 1. The summed E-state index contributed by atoms with van der Waals surface area (Å²) in [7, 11) is 0. The highest BCUT2D eigenvalue weighted by Gasteiger charge is 2.43. The lowest BCUT2D eigenvalue weighted by atomic mass is 10.1. The predicted molar refractivity (Wildman–Crippen MR) is 109 cm³/mol. The minimum Gasteiger partial charge on any atom is -0.339 e. The van der Waals surface area contributed by atoms with Gasteiger partial charge in [-0.3, -0.25) is 9.20 Å². The summed E-state index contributed by atoms with van der Waals surface area (Å²) < 4.78 is 47.0. The standard InChI is InChI=1S/C22H18F3N5O2/c1-11-3-4-12(19-28-21(32-29-19)14-9-15(14)23)7-16(11)27-20(31)17-10-26-18-8-13(22(2,24)25)5-6-30(17)18/h3-8,10,14-15H,9H2,1-2H3,(H,27,31)/t14-,15-/m0/s1. The largest absolute Gasteiger partial charge is 0.339 e. The van der Waals surface area contributed by atoms with Crippen LogP contribution < -0.4 is 5.32 Å². The quantitative estimate of drug-likeness (QED) is 0.477. The monoisotopic (exact) mass is 441 g/mol. The molecule has 1 N–H and O–H groups in total. The molecule has 2 atom stereocenters. The number of pyridine rings is 1. The van der Waals surface area contributed by atoms with Gasteiger partial charge in [-0.1, -0.05) is 17.3 Å². The average Bonchev–Trinajstić information content (AvgIpc) is 3.15. The van der Waals surface area contributed by atoms with Gasteiger partial charge in [-0.15, -0.1) is 0 Å². The Labute approximate surface area is 180 Å². The van der Waals surface area contributed by atoms with Gasteiger partial charge < -0.3 is 9.84 Å². The van der Waals surface area contributed by atoms with Crippen LogP contribution in [0.2, 0.25) is 0 Å². The number of carbonyl (C=O) groups is 1. The van der Waals surface area contributed by atoms with E-state index in [2.05, 4.69) is 20.4 Å². The maximum atomic E-state index is 13.6. The maximum Gasteiger partial charge on any atom is 0.274 e. The number of rotatable bonds is 5. The van der Waals surface area contributed by atoms with E-state index in [0.717, 1.165) is 12.5 Å². The van der Waals surface area contributed by atoms with E-state index in [1.807, 2.05) is 6.92 Å². The highest BCUT2D eigenvalue weighted by Crippen LogP contribution is 2.43. The highest BCUT2D eigenvalue weighted by molar-refractivity contribution is 6.04. The number of imidazole rings is 1. The predicted octanol–water partition coefficient (Wildman–Crippen LogP) is 4.88. The van der Waals surface area contributed by atoms with Gasteiger partial charge >= 0.3 is 0 Å². The van der Waals surface area contributed by atoms with E-state index in [-0.39, 0.29) is 28.7 Å². The van der Waals surface area contributed by atoms with Crippen LogP contribution >= 0.6 is 0 Å². The maximum absolute atomic E-state index is 13.6. The Morgan fingerprint density at radius 2 is 2.06 bits per heavy atom. The summed E-state index contributed by atoms with van der Waals surface area (Å²) in [6, 6.07) is 7.77. The number of benzene rings is 1. The van der Waals surface area contributed by atoms with Gasteiger partial charge in [0.15, 0.2) is 0 Å². The molecular formula is C22H18F3N5O2. The third-order valence-corrected chi connectivity index (χ3v) is 5.47. The summed E-state index contributed by atoms with van der Waals surface area (Å²) in [5, 5.41) is 6.72. The molecule has 0 unspecified atom stereocenters. The van der Waals surface area contributed by atoms with Crippen LogP contribution in [0.25, 0.3) is 17.0 Å². The van der Waals surface area contributed by atoms with E-state index < -0.39 is 18.0 Å². The zero-order valence-corrected chi connectivity index (χ0v) is 17.1. The van der Waals surface area contributed by atoms with Gasteiger partial charge in [0.2, 0.25) is 11.7 Å². The van der Waals surface area contributed by atoms with Crippen molar-refractivity contribution in [1.29, 1.82) is 0 Å². The van der Waals surface area contributed by atoms with Crippen molar-refractivity contribution in [2.24, 2.45) is 0 Å². The van der Waals surface area contributed by atoms with Crippen LogP contribution in [0.1, 0.15) is 46.8 Å². The number of anilines is 1. The Morgan fingerprint density at radius 1 is 1.28 bits per heavy atom. The molecule has 1 aliphatic rings. The first-order valence-corrected chi connectivity index (χ1v) is 9.96. The topological polar surface area (TPSA) is 85.3 Å². The lowest BCUT2D eigenvalue weighted by Crippen LogP contribution is -2.15. The summed E-state index contributed by atoms with van der Waals surface area (Å²) in [5.74, 6) is -3.24. The third-order valence-electron chi connectivity index (χ3n) is 5.47. The highest BCUT2D eigenvalue weighted by atomic mass is 19.3. The van der Waals surface area contributed by atoms with Gasteiger partial charge in [0, 0.05) is 29.9 Å². The van der Waals surface area contributed by atoms with Crippen molar-refractivity contribution in [3.63, 3.8) is 0 Å². The number of fused-ring (bicyclic) bond motifs is 1. The molecule has 4 aromatic rings. The molecule has 1 aliphatic carbocycles. The molecule has 32 heavy (non-hydrogen) atoms. The number of amides is 1. The Morgan fingerprint density at radius 3 is 2.78 bits per heavy atom. The molecule has 1 aromatic carbocycles. The van der Waals surface area contributed by atoms with E-state index in [1.165, 1.54) is 28.9 Å². The number of aromatic nitrogens is 4. The van der Waals surface area contributed by atoms with Gasteiger partial charge in [-0.05, 0) is 37.1 Å². The molecule has 0 bridgehead atoms. The number of nitrogens with zero attached hydrogens (tertiary/aromatic N) is 4. The van der Waals surface area contributed by atoms with Crippen LogP contribution in [-0.2, 0) is 5.92 Å². The van der Waals surface area contributed by atoms with E-state index in [9.17, 15) is 18.0 Å². The van der Waals surface area contributed by atoms with Crippen molar-refractivity contribution in [1.82, 2.24) is 19.5 Å². The summed E-state index contributed by atoms with van der Waals surface area (Å²) in [5.41, 5.74) is 2.16. The summed E-state index contributed by atoms with van der Waals surface area (Å²) in [4.78, 5) is 21.2. The van der Waals surface area contributed by atoms with Crippen molar-refractivity contribution in [3.8, 4) is 11.4 Å². The SMILES string of the molecule is Cc1ccc(-c2noc([C@H]3C[C@@H]3F)n2)cc1NC(=O)c1cnc2cc(C(C)(F)F)ccn12. The summed E-state index contributed by atoms with van der Waals surface area (Å²) in [6.07, 6.45) is 2.16. The van der Waals surface area contributed by atoms with Crippen LogP contribution in [0.3, 0.4) is 0 Å². The number of halogens is 3. The van der Waals surface area contributed by atoms with Crippen LogP contribution in [0, 0.1) is 6.92 Å². The van der Waals surface area contributed by atoms with E-state index in [0.29, 0.717) is 23.5 Å². The number of hydrogen-bond donors (Lipinski definition) is 1. The molecule has 10 heteroatoms. The molecule has 7 nitrogen and oxygen atoms in total. The molecule has 0 radical (unpaired) electrons. The molecule has 5 rings (SSSR count). The molecule has 1 saturated carbocycles. The van der Waals surface area contributed by atoms with Gasteiger partial charge in [0.05, 0.1) is 12.1 Å². The van der Waals surface area contributed by atoms with Crippen molar-refractivity contribution in [2.75, 3.05) is 5.32 Å². The van der Waals surface area contributed by atoms with E-state index in [4.69, 9.17) is 4.52 Å². The molecular weight excluding hydrogens is 423 g/mol. The second-order valence-corrected chi connectivity index (χ2v) is 7.97. The Bertz CT molecular complexity index is 1340. The summed E-state index contributed by atoms with van der Waals surface area (Å²) >= 11 is 0. The fraction of sp³-hybridized carbons (Fsp3) is 0.273. The molecule has 0 spiro atoms. The first-order valence-electron chi connectivity index (χ1n) is 9.96. The molecule has 1 amide bonds. The molecule has 3 aromatic heterocycles. The van der Waals surface area contributed by atoms with Crippen molar-refractivity contribution < 1.29 is 22.5 Å². The molecule has 0 aliphatic heterocycles. The molecule has 3 heterocycles. The summed E-state index contributed by atoms with van der Waals surface area (Å²) in [6.45, 7) is 2.63.